The molecule has 0 aromatic carbocycles. The molecular formula is C15H24N4O2S. The van der Waals surface area contributed by atoms with Gasteiger partial charge in [-0.2, -0.15) is 17.4 Å². The molecule has 3 heterocycles. The number of nitrogens with zero attached hydrogens (tertiary/aromatic N) is 3. The fourth-order valence-electron chi connectivity index (χ4n) is 3.20. The van der Waals surface area contributed by atoms with Crippen LogP contribution < -0.4 is 9.62 Å². The van der Waals surface area contributed by atoms with Crippen molar-refractivity contribution in [3.05, 3.63) is 23.9 Å². The van der Waals surface area contributed by atoms with E-state index in [0.29, 0.717) is 19.6 Å². The van der Waals surface area contributed by atoms with E-state index in [2.05, 4.69) is 14.6 Å². The Morgan fingerprint density at radius 2 is 1.95 bits per heavy atom. The predicted octanol–water partition coefficient (Wildman–Crippen LogP) is 1.29. The maximum Gasteiger partial charge on any atom is 0.279 e. The summed E-state index contributed by atoms with van der Waals surface area (Å²) in [4.78, 5) is 6.72. The van der Waals surface area contributed by atoms with Crippen LogP contribution in [-0.4, -0.2) is 49.9 Å². The van der Waals surface area contributed by atoms with Crippen LogP contribution in [0.5, 0.6) is 0 Å². The first-order valence-corrected chi connectivity index (χ1v) is 9.45. The number of anilines is 1. The number of hydrogen-bond acceptors (Lipinski definition) is 4. The Bertz CT molecular complexity index is 614. The molecule has 2 aliphatic heterocycles. The lowest BCUT2D eigenvalue weighted by Crippen LogP contribution is -2.51. The molecule has 122 valence electrons. The molecule has 1 aromatic rings. The van der Waals surface area contributed by atoms with Gasteiger partial charge in [-0.25, -0.2) is 4.98 Å². The Labute approximate surface area is 132 Å². The molecule has 7 heteroatoms. The standard InChI is InChI=1S/C15H24N4O2S/c1-13-6-4-8-15(16-13)18-9-5-7-14(12-18)17-22(20,21)19-10-2-3-11-19/h4,6,8,14,17H,2-3,5,7,9-12H2,1H3/t14-/m0/s1. The zero-order chi connectivity index (χ0) is 15.6. The van der Waals surface area contributed by atoms with Gasteiger partial charge in [-0.05, 0) is 44.7 Å². The van der Waals surface area contributed by atoms with E-state index in [1.54, 1.807) is 4.31 Å². The summed E-state index contributed by atoms with van der Waals surface area (Å²) in [6.07, 6.45) is 3.79. The summed E-state index contributed by atoms with van der Waals surface area (Å²) in [6.45, 7) is 4.87. The molecule has 0 aliphatic carbocycles. The molecule has 1 aromatic heterocycles. The molecule has 1 N–H and O–H groups in total. The van der Waals surface area contributed by atoms with Crippen LogP contribution in [0, 0.1) is 6.92 Å². The van der Waals surface area contributed by atoms with Gasteiger partial charge in [-0.15, -0.1) is 0 Å². The topological polar surface area (TPSA) is 65.5 Å². The predicted molar refractivity (Wildman–Crippen MR) is 87.1 cm³/mol. The highest BCUT2D eigenvalue weighted by molar-refractivity contribution is 7.87. The molecule has 6 nitrogen and oxygen atoms in total. The first-order chi connectivity index (χ1) is 10.5. The maximum atomic E-state index is 12.4. The van der Waals surface area contributed by atoms with E-state index in [1.165, 1.54) is 0 Å². The molecule has 0 amide bonds. The van der Waals surface area contributed by atoms with Crippen LogP contribution in [-0.2, 0) is 10.2 Å². The number of aryl methyl sites for hydroxylation is 1. The summed E-state index contributed by atoms with van der Waals surface area (Å²) >= 11 is 0. The van der Waals surface area contributed by atoms with E-state index in [0.717, 1.165) is 43.7 Å². The van der Waals surface area contributed by atoms with Crippen molar-refractivity contribution in [3.63, 3.8) is 0 Å². The summed E-state index contributed by atoms with van der Waals surface area (Å²) in [6, 6.07) is 5.92. The number of pyridine rings is 1. The lowest BCUT2D eigenvalue weighted by molar-refractivity contribution is 0.424. The Balaban J connectivity index is 1.65. The first kappa shape index (κ1) is 15.7. The fraction of sp³-hybridized carbons (Fsp3) is 0.667. The third kappa shape index (κ3) is 3.59. The SMILES string of the molecule is Cc1cccc(N2CCC[C@H](NS(=O)(=O)N3CCCC3)C2)n1. The normalized spacial score (nSPS) is 23.9. The Hall–Kier alpha value is -1.18. The minimum Gasteiger partial charge on any atom is -0.355 e. The van der Waals surface area contributed by atoms with Crippen LogP contribution in [0.3, 0.4) is 0 Å². The molecule has 2 fully saturated rings. The van der Waals surface area contributed by atoms with Crippen molar-refractivity contribution >= 4 is 16.0 Å². The van der Waals surface area contributed by atoms with Crippen LogP contribution in [0.1, 0.15) is 31.4 Å². The molecular weight excluding hydrogens is 300 g/mol. The van der Waals surface area contributed by atoms with Crippen LogP contribution in [0.4, 0.5) is 5.82 Å². The molecule has 22 heavy (non-hydrogen) atoms. The lowest BCUT2D eigenvalue weighted by atomic mass is 10.1. The third-order valence-corrected chi connectivity index (χ3v) is 6.02. The van der Waals surface area contributed by atoms with E-state index in [9.17, 15) is 8.42 Å². The van der Waals surface area contributed by atoms with Gasteiger partial charge < -0.3 is 4.90 Å². The molecule has 0 unspecified atom stereocenters. The van der Waals surface area contributed by atoms with Crippen molar-refractivity contribution in [1.82, 2.24) is 14.0 Å². The molecule has 0 spiro atoms. The molecule has 3 rings (SSSR count). The molecule has 1 atom stereocenters. The second-order valence-electron chi connectivity index (χ2n) is 6.15. The molecule has 0 radical (unpaired) electrons. The van der Waals surface area contributed by atoms with Crippen molar-refractivity contribution in [3.8, 4) is 0 Å². The maximum absolute atomic E-state index is 12.4. The highest BCUT2D eigenvalue weighted by atomic mass is 32.2. The Morgan fingerprint density at radius 1 is 1.18 bits per heavy atom. The molecule has 0 bridgehead atoms. The summed E-state index contributed by atoms with van der Waals surface area (Å²) in [5.41, 5.74) is 0.984. The Kier molecular flexibility index (Phi) is 4.65. The number of aromatic nitrogens is 1. The van der Waals surface area contributed by atoms with Gasteiger partial charge in [0.1, 0.15) is 5.82 Å². The van der Waals surface area contributed by atoms with E-state index < -0.39 is 10.2 Å². The third-order valence-electron chi connectivity index (χ3n) is 4.34. The van der Waals surface area contributed by atoms with E-state index >= 15 is 0 Å². The van der Waals surface area contributed by atoms with Gasteiger partial charge in [0.25, 0.3) is 10.2 Å². The minimum atomic E-state index is -3.34. The average molecular weight is 324 g/mol. The van der Waals surface area contributed by atoms with Gasteiger partial charge >= 0.3 is 0 Å². The van der Waals surface area contributed by atoms with E-state index in [-0.39, 0.29) is 6.04 Å². The molecule has 2 aliphatic rings. The zero-order valence-corrected chi connectivity index (χ0v) is 13.8. The second-order valence-corrected chi connectivity index (χ2v) is 7.85. The average Bonchev–Trinajstić information content (AvgIpc) is 3.02. The van der Waals surface area contributed by atoms with Crippen molar-refractivity contribution < 1.29 is 8.42 Å². The largest absolute Gasteiger partial charge is 0.355 e. The number of rotatable bonds is 4. The van der Waals surface area contributed by atoms with Crippen molar-refractivity contribution in [2.24, 2.45) is 0 Å². The van der Waals surface area contributed by atoms with Crippen molar-refractivity contribution in [1.29, 1.82) is 0 Å². The van der Waals surface area contributed by atoms with Crippen molar-refractivity contribution in [2.45, 2.75) is 38.6 Å². The van der Waals surface area contributed by atoms with Gasteiger partial charge in [0.15, 0.2) is 0 Å². The van der Waals surface area contributed by atoms with Gasteiger partial charge in [0.05, 0.1) is 0 Å². The smallest absolute Gasteiger partial charge is 0.279 e. The summed E-state index contributed by atoms with van der Waals surface area (Å²) < 4.78 is 29.2. The van der Waals surface area contributed by atoms with Gasteiger partial charge in [-0.1, -0.05) is 6.07 Å². The van der Waals surface area contributed by atoms with Gasteiger partial charge in [-0.3, -0.25) is 0 Å². The summed E-state index contributed by atoms with van der Waals surface area (Å²) in [5.74, 6) is 0.935. The van der Waals surface area contributed by atoms with E-state index in [4.69, 9.17) is 0 Å². The highest BCUT2D eigenvalue weighted by Crippen LogP contribution is 2.20. The highest BCUT2D eigenvalue weighted by Gasteiger charge is 2.30. The number of nitrogens with one attached hydrogen (secondary N) is 1. The van der Waals surface area contributed by atoms with E-state index in [1.807, 2.05) is 25.1 Å². The summed E-state index contributed by atoms with van der Waals surface area (Å²) in [5, 5.41) is 0. The Morgan fingerprint density at radius 3 is 2.68 bits per heavy atom. The molecule has 0 saturated carbocycles. The van der Waals surface area contributed by atoms with Gasteiger partial charge in [0, 0.05) is 37.9 Å². The minimum absolute atomic E-state index is 0.0401. The monoisotopic (exact) mass is 324 g/mol. The lowest BCUT2D eigenvalue weighted by Gasteiger charge is -2.34. The zero-order valence-electron chi connectivity index (χ0n) is 13.0. The quantitative estimate of drug-likeness (QED) is 0.906. The second kappa shape index (κ2) is 6.52. The number of piperidine rings is 1. The fourth-order valence-corrected chi connectivity index (χ4v) is 4.70. The summed E-state index contributed by atoms with van der Waals surface area (Å²) in [7, 11) is -3.34. The molecule has 2 saturated heterocycles. The van der Waals surface area contributed by atoms with Crippen LogP contribution in [0.25, 0.3) is 0 Å². The van der Waals surface area contributed by atoms with Crippen LogP contribution in [0.15, 0.2) is 18.2 Å². The van der Waals surface area contributed by atoms with Crippen molar-refractivity contribution in [2.75, 3.05) is 31.1 Å². The number of hydrogen-bond donors (Lipinski definition) is 1. The van der Waals surface area contributed by atoms with Gasteiger partial charge in [0.2, 0.25) is 0 Å². The van der Waals surface area contributed by atoms with Crippen LogP contribution in [0.2, 0.25) is 0 Å². The van der Waals surface area contributed by atoms with Crippen LogP contribution >= 0.6 is 0 Å². The first-order valence-electron chi connectivity index (χ1n) is 8.00.